The number of thiophene rings is 1. The van der Waals surface area contributed by atoms with Gasteiger partial charge in [0.15, 0.2) is 0 Å². The minimum Gasteiger partial charge on any atom is -0.310 e. The van der Waals surface area contributed by atoms with Gasteiger partial charge in [-0.3, -0.25) is 0 Å². The number of hydrogen-bond donors (Lipinski definition) is 0. The minimum atomic E-state index is 1.11. The Labute approximate surface area is 325 Å². The van der Waals surface area contributed by atoms with Gasteiger partial charge in [0.2, 0.25) is 0 Å². The molecule has 0 spiro atoms. The van der Waals surface area contributed by atoms with Crippen LogP contribution in [0.4, 0.5) is 34.1 Å². The Morgan fingerprint density at radius 1 is 0.291 bits per heavy atom. The zero-order valence-electron chi connectivity index (χ0n) is 30.1. The van der Waals surface area contributed by atoms with Crippen LogP contribution in [0.5, 0.6) is 0 Å². The molecule has 0 aliphatic heterocycles. The summed E-state index contributed by atoms with van der Waals surface area (Å²) in [7, 11) is 0. The first-order valence-corrected chi connectivity index (χ1v) is 19.5. The number of fused-ring (bicyclic) bond motifs is 5. The summed E-state index contributed by atoms with van der Waals surface area (Å²) in [5.41, 5.74) is 11.5. The Morgan fingerprint density at radius 3 is 1.33 bits per heavy atom. The van der Waals surface area contributed by atoms with Crippen LogP contribution in [-0.4, -0.2) is 0 Å². The van der Waals surface area contributed by atoms with E-state index in [2.05, 4.69) is 228 Å². The van der Waals surface area contributed by atoms with Gasteiger partial charge in [-0.1, -0.05) is 158 Å². The van der Waals surface area contributed by atoms with Gasteiger partial charge in [-0.2, -0.15) is 0 Å². The summed E-state index contributed by atoms with van der Waals surface area (Å²) < 4.78 is 2.52. The maximum atomic E-state index is 2.43. The molecule has 0 aliphatic carbocycles. The van der Waals surface area contributed by atoms with Gasteiger partial charge in [0.25, 0.3) is 0 Å². The minimum absolute atomic E-state index is 1.11. The number of nitrogens with zero attached hydrogens (tertiary/aromatic N) is 2. The summed E-state index contributed by atoms with van der Waals surface area (Å²) in [5, 5.41) is 5.00. The lowest BCUT2D eigenvalue weighted by Crippen LogP contribution is -2.13. The second kappa shape index (κ2) is 14.1. The van der Waals surface area contributed by atoms with E-state index in [1.807, 2.05) is 11.3 Å². The first kappa shape index (κ1) is 32.7. The smallest absolute Gasteiger partial charge is 0.0641 e. The number of hydrogen-bond acceptors (Lipinski definition) is 3. The summed E-state index contributed by atoms with van der Waals surface area (Å²) in [6.07, 6.45) is 0. The van der Waals surface area contributed by atoms with E-state index in [1.54, 1.807) is 0 Å². The Hall–Kier alpha value is -6.94. The Bertz CT molecular complexity index is 2920. The second-order valence-electron chi connectivity index (χ2n) is 13.7. The molecule has 9 aromatic carbocycles. The second-order valence-corrected chi connectivity index (χ2v) is 14.8. The lowest BCUT2D eigenvalue weighted by Gasteiger charge is -2.30. The Morgan fingerprint density at radius 2 is 0.745 bits per heavy atom. The van der Waals surface area contributed by atoms with Gasteiger partial charge >= 0.3 is 0 Å². The molecule has 0 bridgehead atoms. The molecule has 260 valence electrons. The quantitative estimate of drug-likeness (QED) is 0.154. The maximum Gasteiger partial charge on any atom is 0.0641 e. The molecule has 0 saturated heterocycles. The van der Waals surface area contributed by atoms with Crippen molar-refractivity contribution in [3.63, 3.8) is 0 Å². The summed E-state index contributed by atoms with van der Waals surface area (Å²) in [6, 6.07) is 78.7. The molecule has 55 heavy (non-hydrogen) atoms. The molecule has 0 amide bonds. The van der Waals surface area contributed by atoms with Gasteiger partial charge in [-0.05, 0) is 93.7 Å². The highest BCUT2D eigenvalue weighted by Gasteiger charge is 2.25. The van der Waals surface area contributed by atoms with Crippen LogP contribution in [0.2, 0.25) is 0 Å². The molecule has 0 aliphatic rings. The zero-order chi connectivity index (χ0) is 36.6. The first-order chi connectivity index (χ1) is 27.3. The number of anilines is 6. The SMILES string of the molecule is c1ccc(-c2cccc(N(c3ccccc3)c3ccc(N(c4ccccc4)c4cccc(-c5ccccc5)c4)c4c3sc3c5ccccc5ccc34)c2)cc1. The van der Waals surface area contributed by atoms with Crippen LogP contribution in [0.25, 0.3) is 53.2 Å². The first-order valence-electron chi connectivity index (χ1n) is 18.7. The molecule has 0 N–H and O–H groups in total. The molecule has 3 heteroatoms. The fourth-order valence-corrected chi connectivity index (χ4v) is 9.22. The van der Waals surface area contributed by atoms with E-state index in [0.717, 1.165) is 34.1 Å². The van der Waals surface area contributed by atoms with Crippen molar-refractivity contribution in [2.75, 3.05) is 9.80 Å². The van der Waals surface area contributed by atoms with Gasteiger partial charge in [-0.25, -0.2) is 0 Å². The Balaban J connectivity index is 1.27. The van der Waals surface area contributed by atoms with Gasteiger partial charge in [0.1, 0.15) is 0 Å². The molecule has 1 aromatic heterocycles. The van der Waals surface area contributed by atoms with Crippen molar-refractivity contribution >= 4 is 76.4 Å². The van der Waals surface area contributed by atoms with Crippen molar-refractivity contribution in [3.8, 4) is 22.3 Å². The summed E-state index contributed by atoms with van der Waals surface area (Å²) in [4.78, 5) is 4.86. The van der Waals surface area contributed by atoms with Crippen LogP contribution < -0.4 is 9.80 Å². The molecule has 0 saturated carbocycles. The number of benzene rings is 9. The highest BCUT2D eigenvalue weighted by atomic mass is 32.1. The van der Waals surface area contributed by atoms with Crippen LogP contribution in [0, 0.1) is 0 Å². The van der Waals surface area contributed by atoms with Crippen molar-refractivity contribution in [2.24, 2.45) is 0 Å². The molecule has 10 rings (SSSR count). The van der Waals surface area contributed by atoms with Crippen molar-refractivity contribution in [1.29, 1.82) is 0 Å². The van der Waals surface area contributed by atoms with Crippen LogP contribution in [-0.2, 0) is 0 Å². The van der Waals surface area contributed by atoms with Gasteiger partial charge in [-0.15, -0.1) is 11.3 Å². The fraction of sp³-hybridized carbons (Fsp3) is 0. The molecule has 10 aromatic rings. The molecule has 1 heterocycles. The third-order valence-electron chi connectivity index (χ3n) is 10.4. The van der Waals surface area contributed by atoms with E-state index < -0.39 is 0 Å². The molecular weight excluding hydrogens is 685 g/mol. The predicted molar refractivity (Wildman–Crippen MR) is 237 cm³/mol. The van der Waals surface area contributed by atoms with Crippen molar-refractivity contribution in [3.05, 3.63) is 218 Å². The highest BCUT2D eigenvalue weighted by Crippen LogP contribution is 2.52. The van der Waals surface area contributed by atoms with E-state index >= 15 is 0 Å². The number of rotatable bonds is 8. The van der Waals surface area contributed by atoms with Gasteiger partial charge in [0, 0.05) is 38.2 Å². The van der Waals surface area contributed by atoms with E-state index in [0.29, 0.717) is 0 Å². The van der Waals surface area contributed by atoms with Crippen molar-refractivity contribution < 1.29 is 0 Å². The number of para-hydroxylation sites is 2. The van der Waals surface area contributed by atoms with Crippen molar-refractivity contribution in [1.82, 2.24) is 0 Å². The van der Waals surface area contributed by atoms with Gasteiger partial charge in [0.05, 0.1) is 16.1 Å². The van der Waals surface area contributed by atoms with Crippen molar-refractivity contribution in [2.45, 2.75) is 0 Å². The average molecular weight is 721 g/mol. The molecule has 0 unspecified atom stereocenters. The third-order valence-corrected chi connectivity index (χ3v) is 11.7. The largest absolute Gasteiger partial charge is 0.310 e. The lowest BCUT2D eigenvalue weighted by molar-refractivity contribution is 1.28. The Kier molecular flexibility index (Phi) is 8.40. The average Bonchev–Trinajstić information content (AvgIpc) is 3.67. The zero-order valence-corrected chi connectivity index (χ0v) is 30.9. The molecule has 0 fully saturated rings. The molecular formula is C52H36N2S. The summed E-state index contributed by atoms with van der Waals surface area (Å²) in [5.74, 6) is 0. The normalized spacial score (nSPS) is 11.3. The monoisotopic (exact) mass is 720 g/mol. The topological polar surface area (TPSA) is 6.48 Å². The van der Waals surface area contributed by atoms with Gasteiger partial charge < -0.3 is 9.80 Å². The van der Waals surface area contributed by atoms with Crippen LogP contribution in [0.15, 0.2) is 218 Å². The van der Waals surface area contributed by atoms with Crippen LogP contribution in [0.3, 0.4) is 0 Å². The molecule has 0 atom stereocenters. The maximum absolute atomic E-state index is 2.43. The highest BCUT2D eigenvalue weighted by molar-refractivity contribution is 7.27. The van der Waals surface area contributed by atoms with E-state index in [-0.39, 0.29) is 0 Å². The third kappa shape index (κ3) is 6.01. The van der Waals surface area contributed by atoms with E-state index in [1.165, 1.54) is 53.2 Å². The predicted octanol–water partition coefficient (Wildman–Crippen LogP) is 15.5. The lowest BCUT2D eigenvalue weighted by atomic mass is 10.0. The molecule has 2 nitrogen and oxygen atoms in total. The van der Waals surface area contributed by atoms with E-state index in [9.17, 15) is 0 Å². The van der Waals surface area contributed by atoms with Crippen LogP contribution >= 0.6 is 11.3 Å². The molecule has 0 radical (unpaired) electrons. The van der Waals surface area contributed by atoms with Crippen LogP contribution in [0.1, 0.15) is 0 Å². The fourth-order valence-electron chi connectivity index (χ4n) is 7.86. The van der Waals surface area contributed by atoms with E-state index in [4.69, 9.17) is 0 Å². The standard InChI is InChI=1S/C52H36N2S/c1-5-17-37(18-6-1)40-22-15-28-44(35-40)53(42-24-9-3-10-25-42)48-33-34-49(52-50(48)47-32-31-39-21-13-14-30-46(39)51(47)55-52)54(43-26-11-4-12-27-43)45-29-16-23-41(36-45)38-19-7-2-8-20-38/h1-36H. The summed E-state index contributed by atoms with van der Waals surface area (Å²) >= 11 is 1.89. The summed E-state index contributed by atoms with van der Waals surface area (Å²) in [6.45, 7) is 0.